The molecule has 1 heterocycles. The molecule has 1 atom stereocenters. The number of ether oxygens (including phenoxy) is 1. The van der Waals surface area contributed by atoms with Crippen LogP contribution in [0.4, 0.5) is 0 Å². The molecule has 1 amide bonds. The van der Waals surface area contributed by atoms with Crippen LogP contribution in [0.3, 0.4) is 0 Å². The van der Waals surface area contributed by atoms with Gasteiger partial charge in [0, 0.05) is 30.5 Å². The van der Waals surface area contributed by atoms with E-state index >= 15 is 0 Å². The van der Waals surface area contributed by atoms with Crippen molar-refractivity contribution in [2.24, 2.45) is 0 Å². The Morgan fingerprint density at radius 1 is 1.50 bits per heavy atom. The highest BCUT2D eigenvalue weighted by molar-refractivity contribution is 6.30. The highest BCUT2D eigenvalue weighted by Crippen LogP contribution is 2.22. The molecule has 1 N–H and O–H groups in total. The summed E-state index contributed by atoms with van der Waals surface area (Å²) >= 11 is 5.90. The molecule has 0 bridgehead atoms. The molecule has 1 aromatic carbocycles. The molecular formula is C16H20ClN3O2. The van der Waals surface area contributed by atoms with Crippen LogP contribution in [0.25, 0.3) is 0 Å². The predicted molar refractivity (Wildman–Crippen MR) is 86.1 cm³/mol. The van der Waals surface area contributed by atoms with Gasteiger partial charge in [-0.3, -0.25) is 4.79 Å². The molecule has 2 aromatic rings. The minimum Gasteiger partial charge on any atom is -0.481 e. The number of imidazole rings is 1. The summed E-state index contributed by atoms with van der Waals surface area (Å²) in [5.41, 5.74) is 0.909. The fourth-order valence-electron chi connectivity index (χ4n) is 2.02. The van der Waals surface area contributed by atoms with Crippen molar-refractivity contribution < 1.29 is 9.53 Å². The van der Waals surface area contributed by atoms with Crippen LogP contribution in [0.15, 0.2) is 36.9 Å². The lowest BCUT2D eigenvalue weighted by molar-refractivity contribution is -0.127. The van der Waals surface area contributed by atoms with Gasteiger partial charge in [-0.1, -0.05) is 11.6 Å². The molecule has 0 aliphatic heterocycles. The SMILES string of the molecule is Cc1cc(Cl)ccc1O[C@H](C)C(=O)NCCCn1ccnc1. The molecule has 0 saturated carbocycles. The first kappa shape index (κ1) is 16.4. The molecule has 1 aromatic heterocycles. The molecule has 118 valence electrons. The predicted octanol–water partition coefficient (Wildman–Crippen LogP) is 2.82. The Hall–Kier alpha value is -2.01. The number of aromatic nitrogens is 2. The number of hydrogen-bond acceptors (Lipinski definition) is 3. The third kappa shape index (κ3) is 4.77. The lowest BCUT2D eigenvalue weighted by Crippen LogP contribution is -2.37. The molecule has 6 heteroatoms. The van der Waals surface area contributed by atoms with Gasteiger partial charge in [-0.15, -0.1) is 0 Å². The molecule has 0 aliphatic carbocycles. The van der Waals surface area contributed by atoms with Gasteiger partial charge < -0.3 is 14.6 Å². The number of carbonyl (C=O) groups is 1. The second-order valence-corrected chi connectivity index (χ2v) is 5.55. The van der Waals surface area contributed by atoms with Gasteiger partial charge in [-0.2, -0.15) is 0 Å². The summed E-state index contributed by atoms with van der Waals surface area (Å²) in [7, 11) is 0. The Morgan fingerprint density at radius 3 is 3.00 bits per heavy atom. The van der Waals surface area contributed by atoms with Crippen molar-refractivity contribution in [3.63, 3.8) is 0 Å². The normalized spacial score (nSPS) is 12.0. The largest absolute Gasteiger partial charge is 0.481 e. The number of aryl methyl sites for hydroxylation is 2. The van der Waals surface area contributed by atoms with Gasteiger partial charge >= 0.3 is 0 Å². The van der Waals surface area contributed by atoms with E-state index in [9.17, 15) is 4.79 Å². The van der Waals surface area contributed by atoms with Gasteiger partial charge in [0.25, 0.3) is 5.91 Å². The lowest BCUT2D eigenvalue weighted by Gasteiger charge is -2.16. The van der Waals surface area contributed by atoms with E-state index in [2.05, 4.69) is 10.3 Å². The van der Waals surface area contributed by atoms with Crippen molar-refractivity contribution in [3.05, 3.63) is 47.5 Å². The molecule has 0 spiro atoms. The maximum Gasteiger partial charge on any atom is 0.260 e. The number of benzene rings is 1. The van der Waals surface area contributed by atoms with E-state index in [0.29, 0.717) is 17.3 Å². The minimum atomic E-state index is -0.548. The van der Waals surface area contributed by atoms with Crippen LogP contribution in [0, 0.1) is 6.92 Å². The van der Waals surface area contributed by atoms with Crippen LogP contribution in [0.2, 0.25) is 5.02 Å². The number of nitrogens with zero attached hydrogens (tertiary/aromatic N) is 2. The van der Waals surface area contributed by atoms with Crippen molar-refractivity contribution in [2.75, 3.05) is 6.54 Å². The number of halogens is 1. The summed E-state index contributed by atoms with van der Waals surface area (Å²) < 4.78 is 7.65. The standard InChI is InChI=1S/C16H20ClN3O2/c1-12-10-14(17)4-5-15(12)22-13(2)16(21)19-6-3-8-20-9-7-18-11-20/h4-5,7,9-11,13H,3,6,8H2,1-2H3,(H,19,21)/t13-/m1/s1. The smallest absolute Gasteiger partial charge is 0.260 e. The van der Waals surface area contributed by atoms with Gasteiger partial charge in [-0.05, 0) is 44.0 Å². The lowest BCUT2D eigenvalue weighted by atomic mass is 10.2. The minimum absolute atomic E-state index is 0.125. The molecule has 0 radical (unpaired) electrons. The number of rotatable bonds is 7. The van der Waals surface area contributed by atoms with Crippen LogP contribution >= 0.6 is 11.6 Å². The summed E-state index contributed by atoms with van der Waals surface area (Å²) in [6.45, 7) is 5.06. The first-order chi connectivity index (χ1) is 10.6. The zero-order valence-corrected chi connectivity index (χ0v) is 13.5. The van der Waals surface area contributed by atoms with E-state index in [-0.39, 0.29) is 5.91 Å². The average Bonchev–Trinajstić information content (AvgIpc) is 2.99. The third-order valence-corrected chi connectivity index (χ3v) is 3.50. The van der Waals surface area contributed by atoms with E-state index in [0.717, 1.165) is 18.5 Å². The summed E-state index contributed by atoms with van der Waals surface area (Å²) in [6, 6.07) is 5.34. The summed E-state index contributed by atoms with van der Waals surface area (Å²) in [4.78, 5) is 16.0. The second kappa shape index (κ2) is 7.84. The van der Waals surface area contributed by atoms with Gasteiger partial charge in [-0.25, -0.2) is 4.98 Å². The quantitative estimate of drug-likeness (QED) is 0.798. The first-order valence-electron chi connectivity index (χ1n) is 7.22. The summed E-state index contributed by atoms with van der Waals surface area (Å²) in [6.07, 6.45) is 5.69. The number of amides is 1. The van der Waals surface area contributed by atoms with Crippen LogP contribution < -0.4 is 10.1 Å². The van der Waals surface area contributed by atoms with Crippen LogP contribution in [0.5, 0.6) is 5.75 Å². The van der Waals surface area contributed by atoms with E-state index in [1.807, 2.05) is 23.8 Å². The summed E-state index contributed by atoms with van der Waals surface area (Å²) in [5, 5.41) is 3.53. The Kier molecular flexibility index (Phi) is 5.83. The maximum absolute atomic E-state index is 12.0. The first-order valence-corrected chi connectivity index (χ1v) is 7.60. The molecule has 2 rings (SSSR count). The molecule has 5 nitrogen and oxygen atoms in total. The fraction of sp³-hybridized carbons (Fsp3) is 0.375. The van der Waals surface area contributed by atoms with Crippen molar-refractivity contribution in [1.29, 1.82) is 0 Å². The molecule has 22 heavy (non-hydrogen) atoms. The Balaban J connectivity index is 1.74. The Bertz CT molecular complexity index is 614. The van der Waals surface area contributed by atoms with Crippen LogP contribution in [0.1, 0.15) is 18.9 Å². The number of nitrogens with one attached hydrogen (secondary N) is 1. The molecular weight excluding hydrogens is 302 g/mol. The van der Waals surface area contributed by atoms with E-state index in [1.165, 1.54) is 0 Å². The van der Waals surface area contributed by atoms with Crippen molar-refractivity contribution in [1.82, 2.24) is 14.9 Å². The average molecular weight is 322 g/mol. The zero-order chi connectivity index (χ0) is 15.9. The second-order valence-electron chi connectivity index (χ2n) is 5.11. The topological polar surface area (TPSA) is 56.1 Å². The van der Waals surface area contributed by atoms with Crippen molar-refractivity contribution >= 4 is 17.5 Å². The van der Waals surface area contributed by atoms with Crippen LogP contribution in [-0.4, -0.2) is 28.1 Å². The molecule has 0 unspecified atom stereocenters. The van der Waals surface area contributed by atoms with E-state index in [4.69, 9.17) is 16.3 Å². The van der Waals surface area contributed by atoms with Gasteiger partial charge in [0.05, 0.1) is 6.33 Å². The Morgan fingerprint density at radius 2 is 2.32 bits per heavy atom. The molecule has 0 saturated heterocycles. The maximum atomic E-state index is 12.0. The monoisotopic (exact) mass is 321 g/mol. The van der Waals surface area contributed by atoms with Gasteiger partial charge in [0.15, 0.2) is 6.10 Å². The molecule has 0 fully saturated rings. The van der Waals surface area contributed by atoms with Gasteiger partial charge in [0.1, 0.15) is 5.75 Å². The Labute approximate surface area is 135 Å². The van der Waals surface area contributed by atoms with Gasteiger partial charge in [0.2, 0.25) is 0 Å². The fourth-order valence-corrected chi connectivity index (χ4v) is 2.25. The van der Waals surface area contributed by atoms with Crippen molar-refractivity contribution in [2.45, 2.75) is 32.9 Å². The number of hydrogen-bond donors (Lipinski definition) is 1. The van der Waals surface area contributed by atoms with Crippen LogP contribution in [-0.2, 0) is 11.3 Å². The third-order valence-electron chi connectivity index (χ3n) is 3.26. The highest BCUT2D eigenvalue weighted by Gasteiger charge is 2.15. The molecule has 0 aliphatic rings. The van der Waals surface area contributed by atoms with E-state index in [1.54, 1.807) is 31.6 Å². The zero-order valence-electron chi connectivity index (χ0n) is 12.8. The summed E-state index contributed by atoms with van der Waals surface area (Å²) in [5.74, 6) is 0.547. The van der Waals surface area contributed by atoms with E-state index < -0.39 is 6.10 Å². The highest BCUT2D eigenvalue weighted by atomic mass is 35.5. The number of carbonyl (C=O) groups excluding carboxylic acids is 1. The van der Waals surface area contributed by atoms with Crippen molar-refractivity contribution in [3.8, 4) is 5.75 Å².